The lowest BCUT2D eigenvalue weighted by Gasteiger charge is -2.22. The molecule has 0 aliphatic heterocycles. The van der Waals surface area contributed by atoms with Crippen molar-refractivity contribution in [2.75, 3.05) is 5.33 Å². The molecule has 16 heavy (non-hydrogen) atoms. The molecule has 0 radical (unpaired) electrons. The zero-order valence-corrected chi connectivity index (χ0v) is 13.0. The van der Waals surface area contributed by atoms with Crippen molar-refractivity contribution in [1.82, 2.24) is 19.7 Å². The van der Waals surface area contributed by atoms with Crippen molar-refractivity contribution in [3.63, 3.8) is 0 Å². The van der Waals surface area contributed by atoms with Gasteiger partial charge in [0.05, 0.1) is 0 Å². The Bertz CT molecular complexity index is 463. The van der Waals surface area contributed by atoms with Crippen molar-refractivity contribution in [2.24, 2.45) is 7.05 Å². The Balaban J connectivity index is 3.14. The molecule has 0 aliphatic carbocycles. The highest BCUT2D eigenvalue weighted by molar-refractivity contribution is 9.10. The second-order valence-corrected chi connectivity index (χ2v) is 6.84. The third-order valence-corrected chi connectivity index (χ3v) is 5.72. The lowest BCUT2D eigenvalue weighted by Crippen LogP contribution is -2.45. The van der Waals surface area contributed by atoms with E-state index in [1.54, 1.807) is 13.8 Å². The van der Waals surface area contributed by atoms with Gasteiger partial charge in [0.25, 0.3) is 10.0 Å². The van der Waals surface area contributed by atoms with Crippen LogP contribution in [-0.4, -0.2) is 34.3 Å². The van der Waals surface area contributed by atoms with Crippen LogP contribution in [0.25, 0.3) is 0 Å². The highest BCUT2D eigenvalue weighted by atomic mass is 79.9. The first-order chi connectivity index (χ1) is 7.19. The Morgan fingerprint density at radius 2 is 2.06 bits per heavy atom. The van der Waals surface area contributed by atoms with Gasteiger partial charge in [-0.2, -0.15) is 0 Å². The quantitative estimate of drug-likeness (QED) is 0.797. The number of aryl methyl sites for hydroxylation is 1. The molecule has 0 atom stereocenters. The maximum Gasteiger partial charge on any atom is 0.261 e. The maximum absolute atomic E-state index is 12.0. The Morgan fingerprint density at radius 1 is 1.50 bits per heavy atom. The van der Waals surface area contributed by atoms with Crippen LogP contribution in [0.15, 0.2) is 9.63 Å². The molecule has 0 unspecified atom stereocenters. The van der Waals surface area contributed by atoms with E-state index in [1.807, 2.05) is 0 Å². The second kappa shape index (κ2) is 4.71. The molecule has 0 saturated carbocycles. The van der Waals surface area contributed by atoms with Crippen LogP contribution in [0.2, 0.25) is 0 Å². The number of nitrogens with zero attached hydrogens (tertiary/aromatic N) is 3. The van der Waals surface area contributed by atoms with Crippen molar-refractivity contribution in [1.29, 1.82) is 0 Å². The molecule has 1 N–H and O–H groups in total. The standard InChI is InChI=1S/C7H12Br2N4O2S/c1-7(2,4-8)11-16(14,15)6-5(9)10-12-13(6)3/h11H,4H2,1-3H3. The van der Waals surface area contributed by atoms with Gasteiger partial charge in [0.1, 0.15) is 0 Å². The minimum absolute atomic E-state index is 0.0153. The molecule has 1 rings (SSSR count). The topological polar surface area (TPSA) is 76.9 Å². The second-order valence-electron chi connectivity index (χ2n) is 3.93. The van der Waals surface area contributed by atoms with Crippen molar-refractivity contribution in [3.8, 4) is 0 Å². The fourth-order valence-corrected chi connectivity index (χ4v) is 3.88. The van der Waals surface area contributed by atoms with Crippen molar-refractivity contribution in [3.05, 3.63) is 4.60 Å². The van der Waals surface area contributed by atoms with E-state index in [-0.39, 0.29) is 9.63 Å². The average Bonchev–Trinajstić information content (AvgIpc) is 2.44. The summed E-state index contributed by atoms with van der Waals surface area (Å²) >= 11 is 6.30. The van der Waals surface area contributed by atoms with Crippen LogP contribution in [0.1, 0.15) is 13.8 Å². The van der Waals surface area contributed by atoms with Crippen molar-refractivity contribution >= 4 is 41.9 Å². The average molecular weight is 376 g/mol. The third-order valence-electron chi connectivity index (χ3n) is 1.74. The number of nitrogens with one attached hydrogen (secondary N) is 1. The first kappa shape index (κ1) is 14.1. The summed E-state index contributed by atoms with van der Waals surface area (Å²) in [6, 6.07) is 0. The van der Waals surface area contributed by atoms with Gasteiger partial charge in [-0.25, -0.2) is 17.8 Å². The predicted molar refractivity (Wildman–Crippen MR) is 66.9 cm³/mol. The Labute approximate surface area is 111 Å². The summed E-state index contributed by atoms with van der Waals surface area (Å²) in [5.74, 6) is 0. The number of alkyl halides is 1. The SMILES string of the molecule is Cn1nnc(Br)c1S(=O)(=O)NC(C)(C)CBr. The van der Waals surface area contributed by atoms with Gasteiger partial charge in [0, 0.05) is 17.9 Å². The van der Waals surface area contributed by atoms with Crippen molar-refractivity contribution in [2.45, 2.75) is 24.4 Å². The van der Waals surface area contributed by atoms with Crippen LogP contribution in [-0.2, 0) is 17.1 Å². The van der Waals surface area contributed by atoms with Crippen LogP contribution in [0.4, 0.5) is 0 Å². The molecule has 0 fully saturated rings. The fraction of sp³-hybridized carbons (Fsp3) is 0.714. The molecular weight excluding hydrogens is 364 g/mol. The van der Waals surface area contributed by atoms with Crippen LogP contribution in [0.5, 0.6) is 0 Å². The molecule has 9 heteroatoms. The zero-order valence-electron chi connectivity index (χ0n) is 9.03. The Kier molecular flexibility index (Phi) is 4.14. The van der Waals surface area contributed by atoms with E-state index in [4.69, 9.17) is 0 Å². The van der Waals surface area contributed by atoms with Gasteiger partial charge < -0.3 is 0 Å². The molecule has 0 amide bonds. The van der Waals surface area contributed by atoms with Gasteiger partial charge in [0.2, 0.25) is 5.03 Å². The largest absolute Gasteiger partial charge is 0.261 e. The summed E-state index contributed by atoms with van der Waals surface area (Å²) in [6.45, 7) is 3.55. The molecule has 1 aromatic rings. The smallest absolute Gasteiger partial charge is 0.235 e. The summed E-state index contributed by atoms with van der Waals surface area (Å²) in [5, 5.41) is 7.78. The summed E-state index contributed by atoms with van der Waals surface area (Å²) in [6.07, 6.45) is 0. The number of rotatable bonds is 4. The monoisotopic (exact) mass is 374 g/mol. The molecule has 1 heterocycles. The van der Waals surface area contributed by atoms with Gasteiger partial charge in [0.15, 0.2) is 4.60 Å². The van der Waals surface area contributed by atoms with E-state index in [9.17, 15) is 8.42 Å². The molecule has 0 bridgehead atoms. The van der Waals surface area contributed by atoms with Crippen LogP contribution >= 0.6 is 31.9 Å². The van der Waals surface area contributed by atoms with E-state index >= 15 is 0 Å². The summed E-state index contributed by atoms with van der Waals surface area (Å²) < 4.78 is 28.1. The summed E-state index contributed by atoms with van der Waals surface area (Å²) in [4.78, 5) is 0. The molecule has 0 aromatic carbocycles. The number of aromatic nitrogens is 3. The molecule has 92 valence electrons. The van der Waals surface area contributed by atoms with Gasteiger partial charge >= 0.3 is 0 Å². The van der Waals surface area contributed by atoms with Crippen LogP contribution in [0, 0.1) is 0 Å². The molecule has 0 spiro atoms. The summed E-state index contributed by atoms with van der Waals surface area (Å²) in [7, 11) is -2.12. The van der Waals surface area contributed by atoms with E-state index in [2.05, 4.69) is 46.9 Å². The number of hydrogen-bond acceptors (Lipinski definition) is 4. The number of sulfonamides is 1. The Morgan fingerprint density at radius 3 is 2.44 bits per heavy atom. The molecule has 0 aliphatic rings. The van der Waals surface area contributed by atoms with E-state index in [1.165, 1.54) is 11.7 Å². The van der Waals surface area contributed by atoms with Gasteiger partial charge in [-0.3, -0.25) is 0 Å². The first-order valence-electron chi connectivity index (χ1n) is 4.35. The number of hydrogen-bond donors (Lipinski definition) is 1. The Hall–Kier alpha value is 0.01000. The molecular formula is C7H12Br2N4O2S. The highest BCUT2D eigenvalue weighted by Gasteiger charge is 2.30. The molecule has 6 nitrogen and oxygen atoms in total. The van der Waals surface area contributed by atoms with Gasteiger partial charge in [-0.15, -0.1) is 5.10 Å². The van der Waals surface area contributed by atoms with Gasteiger partial charge in [-0.05, 0) is 29.8 Å². The minimum Gasteiger partial charge on any atom is -0.235 e. The van der Waals surface area contributed by atoms with Crippen LogP contribution in [0.3, 0.4) is 0 Å². The third kappa shape index (κ3) is 3.02. The normalized spacial score (nSPS) is 13.1. The first-order valence-corrected chi connectivity index (χ1v) is 7.74. The van der Waals surface area contributed by atoms with E-state index in [0.29, 0.717) is 5.33 Å². The van der Waals surface area contributed by atoms with E-state index < -0.39 is 15.6 Å². The summed E-state index contributed by atoms with van der Waals surface area (Å²) in [5.41, 5.74) is -0.581. The van der Waals surface area contributed by atoms with Crippen LogP contribution < -0.4 is 4.72 Å². The number of halogens is 2. The zero-order chi connectivity index (χ0) is 12.6. The maximum atomic E-state index is 12.0. The lowest BCUT2D eigenvalue weighted by atomic mass is 10.1. The van der Waals surface area contributed by atoms with Gasteiger partial charge in [-0.1, -0.05) is 21.1 Å². The highest BCUT2D eigenvalue weighted by Crippen LogP contribution is 2.20. The minimum atomic E-state index is -3.64. The van der Waals surface area contributed by atoms with Crippen molar-refractivity contribution < 1.29 is 8.42 Å². The fourth-order valence-electron chi connectivity index (χ4n) is 1.05. The predicted octanol–water partition coefficient (Wildman–Crippen LogP) is 1.03. The van der Waals surface area contributed by atoms with E-state index in [0.717, 1.165) is 0 Å². The molecule has 1 aromatic heterocycles. The lowest BCUT2D eigenvalue weighted by molar-refractivity contribution is 0.492. The molecule has 0 saturated heterocycles.